The summed E-state index contributed by atoms with van der Waals surface area (Å²) in [6.45, 7) is 3.13. The van der Waals surface area contributed by atoms with Crippen molar-refractivity contribution in [2.75, 3.05) is 0 Å². The number of rotatable bonds is 0. The van der Waals surface area contributed by atoms with Crippen LogP contribution in [0.3, 0.4) is 0 Å². The van der Waals surface area contributed by atoms with Gasteiger partial charge in [0.05, 0.1) is 12.2 Å². The van der Waals surface area contributed by atoms with Crippen LogP contribution in [0.25, 0.3) is 0 Å². The lowest BCUT2D eigenvalue weighted by Crippen LogP contribution is -2.36. The molecule has 2 N–H and O–H groups in total. The highest BCUT2D eigenvalue weighted by atomic mass is 16.5. The minimum atomic E-state index is -0.804. The summed E-state index contributed by atoms with van der Waals surface area (Å²) in [7, 11) is 0. The predicted octanol–water partition coefficient (Wildman–Crippen LogP) is -0.321. The van der Waals surface area contributed by atoms with Crippen molar-refractivity contribution in [1.29, 1.82) is 0 Å². The third-order valence-electron chi connectivity index (χ3n) is 1.42. The molecule has 0 aromatic carbocycles. The highest BCUT2D eigenvalue weighted by molar-refractivity contribution is 4.82. The Morgan fingerprint density at radius 2 is 2.22 bits per heavy atom. The molecule has 1 saturated heterocycles. The van der Waals surface area contributed by atoms with E-state index < -0.39 is 12.2 Å². The fourth-order valence-corrected chi connectivity index (χ4v) is 0.840. The van der Waals surface area contributed by atoms with Crippen molar-refractivity contribution in [2.45, 2.75) is 31.7 Å². The molecular weight excluding hydrogens is 120 g/mol. The van der Waals surface area contributed by atoms with Crippen molar-refractivity contribution in [3.05, 3.63) is 6.61 Å². The smallest absolute Gasteiger partial charge is 0.115 e. The van der Waals surface area contributed by atoms with Gasteiger partial charge >= 0.3 is 0 Å². The van der Waals surface area contributed by atoms with E-state index in [-0.39, 0.29) is 6.10 Å². The molecule has 0 aromatic heterocycles. The van der Waals surface area contributed by atoms with Gasteiger partial charge in [-0.05, 0) is 6.92 Å². The van der Waals surface area contributed by atoms with E-state index in [0.29, 0.717) is 6.42 Å². The van der Waals surface area contributed by atoms with Crippen molar-refractivity contribution < 1.29 is 14.9 Å². The number of hydrogen-bond acceptors (Lipinski definition) is 3. The van der Waals surface area contributed by atoms with Crippen molar-refractivity contribution >= 4 is 0 Å². The molecule has 1 heterocycles. The van der Waals surface area contributed by atoms with Crippen LogP contribution in [0.2, 0.25) is 0 Å². The summed E-state index contributed by atoms with van der Waals surface area (Å²) in [6.07, 6.45) is -0.907. The Balaban J connectivity index is 2.35. The third-order valence-corrected chi connectivity index (χ3v) is 1.42. The molecule has 0 aliphatic carbocycles. The van der Waals surface area contributed by atoms with Gasteiger partial charge in [0.2, 0.25) is 0 Å². The zero-order chi connectivity index (χ0) is 6.85. The van der Waals surface area contributed by atoms with Gasteiger partial charge in [0.15, 0.2) is 0 Å². The molecule has 1 aliphatic heterocycles. The van der Waals surface area contributed by atoms with Crippen LogP contribution >= 0.6 is 0 Å². The summed E-state index contributed by atoms with van der Waals surface area (Å²) in [4.78, 5) is 0. The molecule has 53 valence electrons. The largest absolute Gasteiger partial charge is 0.390 e. The first-order chi connectivity index (χ1) is 4.20. The summed E-state index contributed by atoms with van der Waals surface area (Å²) < 4.78 is 4.93. The summed E-state index contributed by atoms with van der Waals surface area (Å²) in [5.74, 6) is 0. The van der Waals surface area contributed by atoms with Gasteiger partial charge in [-0.1, -0.05) is 0 Å². The number of hydrogen-bond donors (Lipinski definition) is 2. The molecule has 1 radical (unpaired) electrons. The predicted molar refractivity (Wildman–Crippen MR) is 31.5 cm³/mol. The first kappa shape index (κ1) is 6.99. The Bertz CT molecular complexity index is 94.3. The van der Waals surface area contributed by atoms with E-state index in [1.54, 1.807) is 0 Å². The van der Waals surface area contributed by atoms with Crippen LogP contribution in [0.1, 0.15) is 13.3 Å². The minimum Gasteiger partial charge on any atom is -0.390 e. The average molecular weight is 131 g/mol. The normalized spacial score (nSPS) is 45.0. The van der Waals surface area contributed by atoms with Crippen molar-refractivity contribution in [3.8, 4) is 0 Å². The van der Waals surface area contributed by atoms with Crippen LogP contribution < -0.4 is 0 Å². The van der Waals surface area contributed by atoms with Gasteiger partial charge in [-0.2, -0.15) is 0 Å². The minimum absolute atomic E-state index is 0.0309. The number of ether oxygens (including phenoxy) is 1. The van der Waals surface area contributed by atoms with Crippen molar-refractivity contribution in [2.24, 2.45) is 0 Å². The van der Waals surface area contributed by atoms with Crippen LogP contribution in [0.4, 0.5) is 0 Å². The molecule has 3 heteroatoms. The first-order valence-electron chi connectivity index (χ1n) is 3.05. The molecule has 0 aromatic rings. The quantitative estimate of drug-likeness (QED) is 0.473. The maximum Gasteiger partial charge on any atom is 0.115 e. The second-order valence-corrected chi connectivity index (χ2v) is 2.38. The molecule has 0 unspecified atom stereocenters. The monoisotopic (exact) mass is 131 g/mol. The van der Waals surface area contributed by atoms with Gasteiger partial charge in [-0.15, -0.1) is 0 Å². The number of aliphatic hydroxyl groups excluding tert-OH is 2. The summed E-state index contributed by atoms with van der Waals surface area (Å²) in [5, 5.41) is 17.9. The van der Waals surface area contributed by atoms with Crippen LogP contribution in [-0.2, 0) is 4.74 Å². The molecular formula is C6H11O3. The SMILES string of the molecule is C[C@@H]1C[C@H](O)[C@@H](O)[CH]O1. The van der Waals surface area contributed by atoms with Crippen molar-refractivity contribution in [1.82, 2.24) is 0 Å². The van der Waals surface area contributed by atoms with E-state index in [4.69, 9.17) is 14.9 Å². The van der Waals surface area contributed by atoms with E-state index in [9.17, 15) is 0 Å². The molecule has 3 nitrogen and oxygen atoms in total. The molecule has 1 aliphatic rings. The highest BCUT2D eigenvalue weighted by Gasteiger charge is 2.25. The zero-order valence-corrected chi connectivity index (χ0v) is 5.32. The second kappa shape index (κ2) is 2.64. The maximum absolute atomic E-state index is 8.99. The van der Waals surface area contributed by atoms with E-state index in [2.05, 4.69) is 0 Å². The van der Waals surface area contributed by atoms with Gasteiger partial charge in [0.1, 0.15) is 12.7 Å². The van der Waals surface area contributed by atoms with Crippen LogP contribution in [0.5, 0.6) is 0 Å². The molecule has 1 rings (SSSR count). The maximum atomic E-state index is 8.99. The lowest BCUT2D eigenvalue weighted by atomic mass is 10.1. The average Bonchev–Trinajstić information content (AvgIpc) is 1.80. The second-order valence-electron chi connectivity index (χ2n) is 2.38. The molecule has 3 atom stereocenters. The summed E-state index contributed by atoms with van der Waals surface area (Å²) in [6, 6.07) is 0. The first-order valence-corrected chi connectivity index (χ1v) is 3.05. The van der Waals surface area contributed by atoms with Crippen LogP contribution in [0.15, 0.2) is 0 Å². The third kappa shape index (κ3) is 1.64. The lowest BCUT2D eigenvalue weighted by molar-refractivity contribution is -0.0789. The highest BCUT2D eigenvalue weighted by Crippen LogP contribution is 2.16. The van der Waals surface area contributed by atoms with Gasteiger partial charge in [0, 0.05) is 6.42 Å². The van der Waals surface area contributed by atoms with Crippen LogP contribution in [0, 0.1) is 6.61 Å². The fourth-order valence-electron chi connectivity index (χ4n) is 0.840. The standard InChI is InChI=1S/C6H11O3/c1-4-2-5(7)6(8)3-9-4/h3-8H,2H2,1H3/t4-,5+,6+/m1/s1. The van der Waals surface area contributed by atoms with E-state index in [1.165, 1.54) is 6.61 Å². The Kier molecular flexibility index (Phi) is 2.05. The molecule has 1 fully saturated rings. The molecule has 0 bridgehead atoms. The fraction of sp³-hybridized carbons (Fsp3) is 0.833. The van der Waals surface area contributed by atoms with Gasteiger partial charge in [-0.25, -0.2) is 0 Å². The number of aliphatic hydroxyl groups is 2. The Labute approximate surface area is 54.3 Å². The zero-order valence-electron chi connectivity index (χ0n) is 5.32. The summed E-state index contributed by atoms with van der Waals surface area (Å²) in [5.41, 5.74) is 0. The van der Waals surface area contributed by atoms with Crippen molar-refractivity contribution in [3.63, 3.8) is 0 Å². The van der Waals surface area contributed by atoms with E-state index >= 15 is 0 Å². The van der Waals surface area contributed by atoms with Gasteiger partial charge < -0.3 is 14.9 Å². The molecule has 0 spiro atoms. The lowest BCUT2D eigenvalue weighted by Gasteiger charge is -2.27. The molecule has 0 amide bonds. The van der Waals surface area contributed by atoms with E-state index in [1.807, 2.05) is 6.92 Å². The Morgan fingerprint density at radius 1 is 1.56 bits per heavy atom. The van der Waals surface area contributed by atoms with Crippen LogP contribution in [-0.4, -0.2) is 28.5 Å². The van der Waals surface area contributed by atoms with E-state index in [0.717, 1.165) is 0 Å². The Hall–Kier alpha value is -0.120. The van der Waals surface area contributed by atoms with Gasteiger partial charge in [0.25, 0.3) is 0 Å². The summed E-state index contributed by atoms with van der Waals surface area (Å²) >= 11 is 0. The molecule has 0 saturated carbocycles. The topological polar surface area (TPSA) is 49.7 Å². The Morgan fingerprint density at radius 3 is 2.67 bits per heavy atom. The molecule has 9 heavy (non-hydrogen) atoms. The van der Waals surface area contributed by atoms with Gasteiger partial charge in [-0.3, -0.25) is 0 Å².